The van der Waals surface area contributed by atoms with Crippen LogP contribution in [0.3, 0.4) is 0 Å². The number of aromatic amines is 1. The fourth-order valence-electron chi connectivity index (χ4n) is 5.72. The second kappa shape index (κ2) is 11.6. The van der Waals surface area contributed by atoms with Crippen molar-refractivity contribution in [3.8, 4) is 22.5 Å². The minimum atomic E-state index is -1.15. The van der Waals surface area contributed by atoms with Crippen LogP contribution >= 0.6 is 11.6 Å². The number of hydrogen-bond acceptors (Lipinski definition) is 3. The second-order valence-electron chi connectivity index (χ2n) is 10.5. The van der Waals surface area contributed by atoms with Crippen LogP contribution in [0.15, 0.2) is 72.8 Å². The molecule has 1 heterocycles. The van der Waals surface area contributed by atoms with Gasteiger partial charge in [0.2, 0.25) is 0 Å². The Morgan fingerprint density at radius 2 is 1.68 bits per heavy atom. The molecule has 0 fully saturated rings. The van der Waals surface area contributed by atoms with E-state index >= 15 is 0 Å². The Morgan fingerprint density at radius 3 is 2.37 bits per heavy atom. The van der Waals surface area contributed by atoms with Crippen LogP contribution in [0.4, 0.5) is 0 Å². The number of rotatable bonds is 8. The lowest BCUT2D eigenvalue weighted by Gasteiger charge is -2.23. The van der Waals surface area contributed by atoms with Gasteiger partial charge in [-0.2, -0.15) is 0 Å². The number of carbonyl (C=O) groups excluding carboxylic acids is 1. The molecule has 0 saturated carbocycles. The number of carbonyl (C=O) groups is 2. The summed E-state index contributed by atoms with van der Waals surface area (Å²) < 4.78 is 0. The van der Waals surface area contributed by atoms with Crippen molar-refractivity contribution in [3.63, 3.8) is 0 Å². The maximum Gasteiger partial charge on any atom is 0.336 e. The average molecular weight is 566 g/mol. The number of fused-ring (bicyclic) bond motifs is 1. The van der Waals surface area contributed by atoms with E-state index in [-0.39, 0.29) is 23.1 Å². The molecule has 6 nitrogen and oxygen atoms in total. The fraction of sp³-hybridized carbons (Fsp3) is 0.206. The van der Waals surface area contributed by atoms with E-state index in [4.69, 9.17) is 16.6 Å². The van der Waals surface area contributed by atoms with E-state index in [1.54, 1.807) is 24.3 Å². The summed E-state index contributed by atoms with van der Waals surface area (Å²) in [5.74, 6) is -0.901. The Labute approximate surface area is 244 Å². The molecule has 1 aromatic heterocycles. The van der Waals surface area contributed by atoms with Crippen molar-refractivity contribution in [1.82, 2.24) is 15.3 Å². The van der Waals surface area contributed by atoms with Gasteiger partial charge in [-0.3, -0.25) is 4.79 Å². The molecule has 7 heteroatoms. The molecule has 208 valence electrons. The molecule has 5 rings (SSSR count). The zero-order valence-corrected chi connectivity index (χ0v) is 24.3. The number of para-hydroxylation sites is 2. The minimum Gasteiger partial charge on any atom is -0.478 e. The topological polar surface area (TPSA) is 95.1 Å². The number of aromatic nitrogens is 2. The predicted octanol–water partition coefficient (Wildman–Crippen LogP) is 8.44. The van der Waals surface area contributed by atoms with Crippen molar-refractivity contribution in [2.45, 2.75) is 46.6 Å². The average Bonchev–Trinajstić information content (AvgIpc) is 3.36. The van der Waals surface area contributed by atoms with Gasteiger partial charge in [0.05, 0.1) is 22.6 Å². The molecule has 4 aromatic carbocycles. The Bertz CT molecular complexity index is 1730. The van der Waals surface area contributed by atoms with Crippen LogP contribution < -0.4 is 5.32 Å². The number of carboxylic acids is 1. The van der Waals surface area contributed by atoms with Crippen LogP contribution in [0.25, 0.3) is 33.5 Å². The van der Waals surface area contributed by atoms with E-state index in [1.807, 2.05) is 30.3 Å². The van der Waals surface area contributed by atoms with Gasteiger partial charge in [-0.15, -0.1) is 0 Å². The summed E-state index contributed by atoms with van der Waals surface area (Å²) >= 11 is 6.69. The van der Waals surface area contributed by atoms with Crippen LogP contribution in [0.1, 0.15) is 68.8 Å². The minimum absolute atomic E-state index is 0.0159. The van der Waals surface area contributed by atoms with E-state index < -0.39 is 5.97 Å². The van der Waals surface area contributed by atoms with Crippen molar-refractivity contribution in [1.29, 1.82) is 0 Å². The van der Waals surface area contributed by atoms with Crippen LogP contribution in [0.5, 0.6) is 0 Å². The smallest absolute Gasteiger partial charge is 0.336 e. The fourth-order valence-corrected chi connectivity index (χ4v) is 5.99. The lowest BCUT2D eigenvalue weighted by Crippen LogP contribution is -2.29. The molecule has 5 aromatic rings. The Kier molecular flexibility index (Phi) is 7.95. The number of H-pyrrole nitrogens is 1. The molecule has 0 aliphatic heterocycles. The van der Waals surface area contributed by atoms with Crippen molar-refractivity contribution in [2.75, 3.05) is 0 Å². The number of nitrogens with one attached hydrogen (secondary N) is 2. The highest BCUT2D eigenvalue weighted by molar-refractivity contribution is 6.34. The second-order valence-corrected chi connectivity index (χ2v) is 10.9. The van der Waals surface area contributed by atoms with Gasteiger partial charge in [0.25, 0.3) is 5.91 Å². The standard InChI is InChI=1S/C34H32ClN3O3/c1-5-9-29(30-20(3)16-19(2)17-21(30)4)38-33(39)22-14-15-23(25(18-22)34(40)41)31-24(10-8-11-26(31)35)32-36-27-12-6-7-13-28(27)37-32/h6-8,10-18,29H,5,9H2,1-4H3,(H,36,37)(H,38,39)(H,40,41). The normalized spacial score (nSPS) is 11.9. The predicted molar refractivity (Wildman–Crippen MR) is 165 cm³/mol. The highest BCUT2D eigenvalue weighted by atomic mass is 35.5. The van der Waals surface area contributed by atoms with E-state index in [0.29, 0.717) is 27.5 Å². The number of benzene rings is 4. The monoisotopic (exact) mass is 565 g/mol. The first-order valence-electron chi connectivity index (χ1n) is 13.7. The van der Waals surface area contributed by atoms with Gasteiger partial charge in [0.15, 0.2) is 0 Å². The highest BCUT2D eigenvalue weighted by Gasteiger charge is 2.24. The van der Waals surface area contributed by atoms with E-state index in [9.17, 15) is 14.7 Å². The van der Waals surface area contributed by atoms with Gasteiger partial charge in [0, 0.05) is 21.7 Å². The molecule has 0 spiro atoms. The van der Waals surface area contributed by atoms with Crippen molar-refractivity contribution in [2.24, 2.45) is 0 Å². The lowest BCUT2D eigenvalue weighted by atomic mass is 9.91. The largest absolute Gasteiger partial charge is 0.478 e. The van der Waals surface area contributed by atoms with Gasteiger partial charge < -0.3 is 15.4 Å². The highest BCUT2D eigenvalue weighted by Crippen LogP contribution is 2.39. The molecule has 1 amide bonds. The van der Waals surface area contributed by atoms with E-state index in [0.717, 1.165) is 40.6 Å². The molecule has 41 heavy (non-hydrogen) atoms. The molecular weight excluding hydrogens is 534 g/mol. The Morgan fingerprint density at radius 1 is 0.951 bits per heavy atom. The molecule has 0 bridgehead atoms. The maximum atomic E-state index is 13.5. The summed E-state index contributed by atoms with van der Waals surface area (Å²) in [6.45, 7) is 8.26. The zero-order valence-electron chi connectivity index (χ0n) is 23.5. The molecule has 0 aliphatic rings. The number of aromatic carboxylic acids is 1. The van der Waals surface area contributed by atoms with E-state index in [1.165, 1.54) is 11.6 Å². The molecule has 0 aliphatic carbocycles. The summed E-state index contributed by atoms with van der Waals surface area (Å²) in [6.07, 6.45) is 1.65. The van der Waals surface area contributed by atoms with Crippen LogP contribution in [-0.2, 0) is 0 Å². The molecule has 3 N–H and O–H groups in total. The van der Waals surface area contributed by atoms with Gasteiger partial charge in [-0.05, 0) is 79.8 Å². The number of hydrogen-bond donors (Lipinski definition) is 3. The number of amides is 1. The first-order valence-corrected chi connectivity index (χ1v) is 14.1. The third kappa shape index (κ3) is 5.61. The number of carboxylic acid groups (broad SMARTS) is 1. The first kappa shape index (κ1) is 28.1. The van der Waals surface area contributed by atoms with Crippen LogP contribution in [0, 0.1) is 20.8 Å². The van der Waals surface area contributed by atoms with Crippen LogP contribution in [0.2, 0.25) is 5.02 Å². The quantitative estimate of drug-likeness (QED) is 0.176. The van der Waals surface area contributed by atoms with Gasteiger partial charge in [-0.25, -0.2) is 9.78 Å². The Balaban J connectivity index is 1.55. The zero-order chi connectivity index (χ0) is 29.3. The molecule has 1 unspecified atom stereocenters. The van der Waals surface area contributed by atoms with Crippen molar-refractivity contribution in [3.05, 3.63) is 111 Å². The third-order valence-corrected chi connectivity index (χ3v) is 7.72. The van der Waals surface area contributed by atoms with Gasteiger partial charge in [0.1, 0.15) is 5.82 Å². The summed E-state index contributed by atoms with van der Waals surface area (Å²) in [4.78, 5) is 34.1. The van der Waals surface area contributed by atoms with Gasteiger partial charge >= 0.3 is 5.97 Å². The first-order chi connectivity index (χ1) is 19.7. The van der Waals surface area contributed by atoms with E-state index in [2.05, 4.69) is 50.1 Å². The molecule has 0 radical (unpaired) electrons. The SMILES string of the molecule is CCCC(NC(=O)c1ccc(-c2c(Cl)cccc2-c2nc3ccccc3[nH]2)c(C(=O)O)c1)c1c(C)cc(C)cc1C. The summed E-state index contributed by atoms with van der Waals surface area (Å²) in [6, 6.07) is 21.8. The number of nitrogens with zero attached hydrogens (tertiary/aromatic N) is 1. The maximum absolute atomic E-state index is 13.5. The van der Waals surface area contributed by atoms with Crippen LogP contribution in [-0.4, -0.2) is 27.0 Å². The number of imidazole rings is 1. The molecular formula is C34H32ClN3O3. The lowest BCUT2D eigenvalue weighted by molar-refractivity contribution is 0.0697. The van der Waals surface area contributed by atoms with Gasteiger partial charge in [-0.1, -0.05) is 73.0 Å². The molecule has 0 saturated heterocycles. The Hall–Kier alpha value is -4.42. The van der Waals surface area contributed by atoms with Crippen molar-refractivity contribution >= 4 is 34.5 Å². The number of halogens is 1. The number of aryl methyl sites for hydroxylation is 3. The summed E-state index contributed by atoms with van der Waals surface area (Å²) in [5, 5.41) is 13.8. The summed E-state index contributed by atoms with van der Waals surface area (Å²) in [5.41, 5.74) is 8.05. The molecule has 1 atom stereocenters. The third-order valence-electron chi connectivity index (χ3n) is 7.41. The van der Waals surface area contributed by atoms with Crippen molar-refractivity contribution < 1.29 is 14.7 Å². The summed E-state index contributed by atoms with van der Waals surface area (Å²) in [7, 11) is 0.